The van der Waals surface area contributed by atoms with Gasteiger partial charge < -0.3 is 24.8 Å². The molecule has 1 aromatic heterocycles. The van der Waals surface area contributed by atoms with E-state index in [0.29, 0.717) is 29.7 Å². The Kier molecular flexibility index (Phi) is 5.41. The Morgan fingerprint density at radius 1 is 1.35 bits per heavy atom. The van der Waals surface area contributed by atoms with Crippen molar-refractivity contribution in [1.29, 1.82) is 0 Å². The van der Waals surface area contributed by atoms with Crippen LogP contribution in [0, 0.1) is 0 Å². The van der Waals surface area contributed by atoms with Crippen molar-refractivity contribution < 1.29 is 14.1 Å². The van der Waals surface area contributed by atoms with Gasteiger partial charge in [-0.1, -0.05) is 24.1 Å². The van der Waals surface area contributed by atoms with Crippen LogP contribution in [0.4, 0.5) is 10.5 Å². The molecule has 0 aliphatic heterocycles. The van der Waals surface area contributed by atoms with Crippen molar-refractivity contribution in [1.82, 2.24) is 20.4 Å². The number of anilines is 1. The number of nitrogens with one attached hydrogen (secondary N) is 2. The summed E-state index contributed by atoms with van der Waals surface area (Å²) in [6, 6.07) is 6.94. The molecule has 1 heterocycles. The zero-order chi connectivity index (χ0) is 18.6. The zero-order valence-electron chi connectivity index (χ0n) is 15.4. The fourth-order valence-corrected chi connectivity index (χ4v) is 3.25. The minimum atomic E-state index is -0.586. The summed E-state index contributed by atoms with van der Waals surface area (Å²) in [4.78, 5) is 19.0. The zero-order valence-corrected chi connectivity index (χ0v) is 15.4. The lowest BCUT2D eigenvalue weighted by atomic mass is 9.97. The third-order valence-corrected chi connectivity index (χ3v) is 4.49. The highest BCUT2D eigenvalue weighted by atomic mass is 16.5. The molecule has 140 valence electrons. The number of aromatic nitrogens is 2. The van der Waals surface area contributed by atoms with E-state index >= 15 is 0 Å². The van der Waals surface area contributed by atoms with Crippen molar-refractivity contribution in [2.75, 3.05) is 26.5 Å². The molecule has 1 fully saturated rings. The molecule has 8 heteroatoms. The molecular formula is C18H25N5O3. The van der Waals surface area contributed by atoms with Crippen molar-refractivity contribution >= 4 is 11.7 Å². The van der Waals surface area contributed by atoms with Gasteiger partial charge in [-0.25, -0.2) is 4.79 Å². The van der Waals surface area contributed by atoms with E-state index in [1.165, 1.54) is 0 Å². The van der Waals surface area contributed by atoms with Gasteiger partial charge in [-0.15, -0.1) is 0 Å². The molecule has 0 bridgehead atoms. The highest BCUT2D eigenvalue weighted by molar-refractivity contribution is 5.90. The fourth-order valence-electron chi connectivity index (χ4n) is 3.25. The van der Waals surface area contributed by atoms with Crippen LogP contribution in [0.2, 0.25) is 0 Å². The maximum atomic E-state index is 12.6. The topological polar surface area (TPSA) is 92.5 Å². The Morgan fingerprint density at radius 2 is 2.12 bits per heavy atom. The van der Waals surface area contributed by atoms with E-state index in [9.17, 15) is 4.79 Å². The molecule has 3 rings (SSSR count). The number of methoxy groups -OCH3 is 1. The fraction of sp³-hybridized carbons (Fsp3) is 0.500. The van der Waals surface area contributed by atoms with Crippen LogP contribution in [0.1, 0.15) is 37.4 Å². The Labute approximate surface area is 152 Å². The van der Waals surface area contributed by atoms with Gasteiger partial charge in [0, 0.05) is 11.8 Å². The van der Waals surface area contributed by atoms with Gasteiger partial charge in [0.15, 0.2) is 5.82 Å². The van der Waals surface area contributed by atoms with Gasteiger partial charge in [0.2, 0.25) is 5.89 Å². The van der Waals surface area contributed by atoms with E-state index in [2.05, 4.69) is 20.8 Å². The van der Waals surface area contributed by atoms with Crippen molar-refractivity contribution in [3.63, 3.8) is 0 Å². The number of rotatable bonds is 6. The number of nitrogens with zero attached hydrogens (tertiary/aromatic N) is 3. The third-order valence-electron chi connectivity index (χ3n) is 4.49. The van der Waals surface area contributed by atoms with E-state index in [0.717, 1.165) is 25.7 Å². The molecule has 8 nitrogen and oxygen atoms in total. The van der Waals surface area contributed by atoms with Gasteiger partial charge in [-0.05, 0) is 39.1 Å². The molecule has 1 aromatic carbocycles. The van der Waals surface area contributed by atoms with E-state index in [-0.39, 0.29) is 6.03 Å². The van der Waals surface area contributed by atoms with Crippen LogP contribution in [0.25, 0.3) is 0 Å². The lowest BCUT2D eigenvalue weighted by Gasteiger charge is -2.26. The van der Waals surface area contributed by atoms with Crippen molar-refractivity contribution in [3.8, 4) is 5.75 Å². The molecule has 0 atom stereocenters. The number of benzene rings is 1. The number of hydrogen-bond acceptors (Lipinski definition) is 6. The summed E-state index contributed by atoms with van der Waals surface area (Å²) in [5, 5.41) is 10.1. The first kappa shape index (κ1) is 18.2. The number of carbonyl (C=O) groups excluding carboxylic acids is 1. The summed E-state index contributed by atoms with van der Waals surface area (Å²) in [6.45, 7) is 0.569. The SMILES string of the molecule is COc1cccc(NC(=O)NC2(c3noc(CN(C)C)n3)CCCC2)c1. The molecule has 0 unspecified atom stereocenters. The monoisotopic (exact) mass is 359 g/mol. The predicted octanol–water partition coefficient (Wildman–Crippen LogP) is 2.73. The molecule has 0 saturated heterocycles. The lowest BCUT2D eigenvalue weighted by Crippen LogP contribution is -2.46. The van der Waals surface area contributed by atoms with E-state index in [4.69, 9.17) is 9.26 Å². The second-order valence-electron chi connectivity index (χ2n) is 6.85. The average Bonchev–Trinajstić information content (AvgIpc) is 3.25. The van der Waals surface area contributed by atoms with Gasteiger partial charge in [-0.2, -0.15) is 4.98 Å². The summed E-state index contributed by atoms with van der Waals surface area (Å²) in [5.74, 6) is 1.78. The van der Waals surface area contributed by atoms with Gasteiger partial charge in [0.05, 0.1) is 13.7 Å². The molecule has 0 radical (unpaired) electrons. The maximum Gasteiger partial charge on any atom is 0.320 e. The van der Waals surface area contributed by atoms with Crippen molar-refractivity contribution in [3.05, 3.63) is 36.0 Å². The van der Waals surface area contributed by atoms with Gasteiger partial charge in [-0.3, -0.25) is 0 Å². The molecule has 1 aliphatic carbocycles. The molecule has 0 spiro atoms. The first-order chi connectivity index (χ1) is 12.5. The highest BCUT2D eigenvalue weighted by Crippen LogP contribution is 2.37. The quantitative estimate of drug-likeness (QED) is 0.824. The van der Waals surface area contributed by atoms with Crippen LogP contribution in [0.15, 0.2) is 28.8 Å². The Balaban J connectivity index is 1.73. The standard InChI is InChI=1S/C18H25N5O3/c1-23(2)12-15-20-16(22-26-15)18(9-4-5-10-18)21-17(24)19-13-7-6-8-14(11-13)25-3/h6-8,11H,4-5,9-10,12H2,1-3H3,(H2,19,21,24). The van der Waals surface area contributed by atoms with Gasteiger partial charge in [0.25, 0.3) is 0 Å². The van der Waals surface area contributed by atoms with E-state index < -0.39 is 5.54 Å². The largest absolute Gasteiger partial charge is 0.497 e. The van der Waals surface area contributed by atoms with Crippen LogP contribution in [0.5, 0.6) is 5.75 Å². The maximum absolute atomic E-state index is 12.6. The molecular weight excluding hydrogens is 334 g/mol. The average molecular weight is 359 g/mol. The summed E-state index contributed by atoms with van der Waals surface area (Å²) in [6.07, 6.45) is 3.60. The van der Waals surface area contributed by atoms with Gasteiger partial charge >= 0.3 is 6.03 Å². The summed E-state index contributed by atoms with van der Waals surface area (Å²) >= 11 is 0. The summed E-state index contributed by atoms with van der Waals surface area (Å²) in [7, 11) is 5.47. The Hall–Kier alpha value is -2.61. The van der Waals surface area contributed by atoms with Crippen molar-refractivity contribution in [2.45, 2.75) is 37.8 Å². The first-order valence-corrected chi connectivity index (χ1v) is 8.72. The summed E-state index contributed by atoms with van der Waals surface area (Å²) < 4.78 is 10.5. The number of ether oxygens (including phenoxy) is 1. The summed E-state index contributed by atoms with van der Waals surface area (Å²) in [5.41, 5.74) is 0.0770. The van der Waals surface area contributed by atoms with Crippen LogP contribution in [-0.2, 0) is 12.1 Å². The number of amides is 2. The molecule has 1 aliphatic rings. The normalized spacial score (nSPS) is 15.8. The Bertz CT molecular complexity index is 753. The van der Waals surface area contributed by atoms with Crippen LogP contribution in [0.3, 0.4) is 0 Å². The third kappa shape index (κ3) is 4.13. The predicted molar refractivity (Wildman–Crippen MR) is 97.0 cm³/mol. The van der Waals surface area contributed by atoms with Crippen molar-refractivity contribution in [2.24, 2.45) is 0 Å². The minimum absolute atomic E-state index is 0.292. The highest BCUT2D eigenvalue weighted by Gasteiger charge is 2.41. The molecule has 2 aromatic rings. The molecule has 2 amide bonds. The van der Waals surface area contributed by atoms with Gasteiger partial charge in [0.1, 0.15) is 11.3 Å². The molecule has 26 heavy (non-hydrogen) atoms. The number of hydrogen-bond donors (Lipinski definition) is 2. The number of carbonyl (C=O) groups is 1. The van der Waals surface area contributed by atoms with Crippen LogP contribution >= 0.6 is 0 Å². The first-order valence-electron chi connectivity index (χ1n) is 8.72. The van der Waals surface area contributed by atoms with E-state index in [1.54, 1.807) is 13.2 Å². The van der Waals surface area contributed by atoms with E-state index in [1.807, 2.05) is 37.2 Å². The second kappa shape index (κ2) is 7.74. The molecule has 2 N–H and O–H groups in total. The van der Waals surface area contributed by atoms with Crippen LogP contribution in [-0.4, -0.2) is 42.3 Å². The van der Waals surface area contributed by atoms with Crippen LogP contribution < -0.4 is 15.4 Å². The second-order valence-corrected chi connectivity index (χ2v) is 6.85. The molecule has 1 saturated carbocycles. The number of urea groups is 1. The lowest BCUT2D eigenvalue weighted by molar-refractivity contribution is 0.232. The minimum Gasteiger partial charge on any atom is -0.497 e. The Morgan fingerprint density at radius 3 is 2.81 bits per heavy atom. The smallest absolute Gasteiger partial charge is 0.320 e.